The van der Waals surface area contributed by atoms with Crippen molar-refractivity contribution in [1.29, 1.82) is 0 Å². The molecule has 2 heterocycles. The second-order valence-electron chi connectivity index (χ2n) is 5.11. The molecule has 0 aromatic carbocycles. The average Bonchev–Trinajstić information content (AvgIpc) is 2.70. The van der Waals surface area contributed by atoms with Gasteiger partial charge in [-0.1, -0.05) is 0 Å². The molecule has 1 aliphatic rings. The minimum absolute atomic E-state index is 0.355. The number of ether oxygens (including phenoxy) is 1. The number of piperidine rings is 1. The summed E-state index contributed by atoms with van der Waals surface area (Å²) < 4.78 is 5.51. The molecule has 102 valence electrons. The lowest BCUT2D eigenvalue weighted by Gasteiger charge is -2.37. The van der Waals surface area contributed by atoms with Crippen LogP contribution in [0.15, 0.2) is 6.07 Å². The van der Waals surface area contributed by atoms with Crippen molar-refractivity contribution in [3.05, 3.63) is 21.4 Å². The molecule has 0 bridgehead atoms. The quantitative estimate of drug-likeness (QED) is 0.911. The van der Waals surface area contributed by atoms with E-state index in [4.69, 9.17) is 10.5 Å². The Labute approximate surface area is 114 Å². The Morgan fingerprint density at radius 3 is 2.89 bits per heavy atom. The van der Waals surface area contributed by atoms with Crippen LogP contribution in [0.4, 0.5) is 0 Å². The van der Waals surface area contributed by atoms with E-state index in [1.807, 2.05) is 18.4 Å². The molecule has 0 radical (unpaired) electrons. The van der Waals surface area contributed by atoms with Crippen molar-refractivity contribution in [3.63, 3.8) is 0 Å². The number of nitrogens with two attached hydrogens (primary N) is 1. The van der Waals surface area contributed by atoms with Gasteiger partial charge < -0.3 is 10.5 Å². The molecule has 1 aliphatic heterocycles. The Morgan fingerprint density at radius 2 is 2.33 bits per heavy atom. The largest absolute Gasteiger partial charge is 0.380 e. The molecule has 1 saturated heterocycles. The first-order valence-corrected chi connectivity index (χ1v) is 7.51. The Bertz CT molecular complexity index is 391. The molecule has 3 nitrogen and oxygen atoms in total. The number of thiophene rings is 1. The van der Waals surface area contributed by atoms with Gasteiger partial charge >= 0.3 is 0 Å². The van der Waals surface area contributed by atoms with Crippen molar-refractivity contribution in [2.24, 2.45) is 5.73 Å². The van der Waals surface area contributed by atoms with Crippen molar-refractivity contribution in [2.75, 3.05) is 26.7 Å². The van der Waals surface area contributed by atoms with Crippen LogP contribution < -0.4 is 5.73 Å². The van der Waals surface area contributed by atoms with Crippen LogP contribution in [0, 0.1) is 13.8 Å². The number of likely N-dealkylation sites (tertiary alicyclic amines) is 1. The zero-order chi connectivity index (χ0) is 13.1. The lowest BCUT2D eigenvalue weighted by atomic mass is 10.0. The topological polar surface area (TPSA) is 38.5 Å². The highest BCUT2D eigenvalue weighted by atomic mass is 32.1. The maximum Gasteiger partial charge on any atom is 0.0698 e. The first kappa shape index (κ1) is 14.0. The van der Waals surface area contributed by atoms with E-state index in [0.29, 0.717) is 18.7 Å². The molecule has 2 N–H and O–H groups in total. The predicted octanol–water partition coefficient (Wildman–Crippen LogP) is 2.48. The molecule has 4 heteroatoms. The van der Waals surface area contributed by atoms with E-state index in [9.17, 15) is 0 Å². The fourth-order valence-electron chi connectivity index (χ4n) is 2.90. The van der Waals surface area contributed by atoms with Gasteiger partial charge in [-0.3, -0.25) is 4.90 Å². The van der Waals surface area contributed by atoms with Crippen LogP contribution in [0.25, 0.3) is 0 Å². The first-order chi connectivity index (χ1) is 8.65. The Hall–Kier alpha value is -0.420. The fourth-order valence-corrected chi connectivity index (χ4v) is 3.88. The standard InChI is InChI=1S/C14H24N2OS/c1-10-7-13(11(2)18-10)14(8-15)16-6-4-5-12(9-16)17-3/h7,12,14H,4-6,8-9,15H2,1-3H3. The highest BCUT2D eigenvalue weighted by molar-refractivity contribution is 7.12. The van der Waals surface area contributed by atoms with E-state index in [0.717, 1.165) is 13.1 Å². The highest BCUT2D eigenvalue weighted by Gasteiger charge is 2.27. The predicted molar refractivity (Wildman–Crippen MR) is 77.2 cm³/mol. The van der Waals surface area contributed by atoms with Gasteiger partial charge in [0.2, 0.25) is 0 Å². The number of methoxy groups -OCH3 is 1. The van der Waals surface area contributed by atoms with Gasteiger partial charge in [-0.05, 0) is 44.9 Å². The summed E-state index contributed by atoms with van der Waals surface area (Å²) in [5.41, 5.74) is 7.44. The molecule has 1 fully saturated rings. The van der Waals surface area contributed by atoms with Crippen molar-refractivity contribution in [3.8, 4) is 0 Å². The molecular weight excluding hydrogens is 244 g/mol. The SMILES string of the molecule is COC1CCCN(C(CN)c2cc(C)sc2C)C1. The zero-order valence-electron chi connectivity index (χ0n) is 11.6. The second-order valence-corrected chi connectivity index (χ2v) is 6.58. The molecule has 0 saturated carbocycles. The lowest BCUT2D eigenvalue weighted by Crippen LogP contribution is -2.43. The highest BCUT2D eigenvalue weighted by Crippen LogP contribution is 2.31. The number of rotatable bonds is 4. The minimum atomic E-state index is 0.355. The summed E-state index contributed by atoms with van der Waals surface area (Å²) in [4.78, 5) is 5.27. The van der Waals surface area contributed by atoms with Crippen molar-refractivity contribution in [2.45, 2.75) is 38.8 Å². The van der Waals surface area contributed by atoms with Crippen LogP contribution in [0.3, 0.4) is 0 Å². The third-order valence-corrected chi connectivity index (χ3v) is 4.83. The van der Waals surface area contributed by atoms with E-state index in [1.165, 1.54) is 28.2 Å². The van der Waals surface area contributed by atoms with Crippen LogP contribution in [-0.2, 0) is 4.74 Å². The van der Waals surface area contributed by atoms with Gasteiger partial charge in [-0.15, -0.1) is 11.3 Å². The smallest absolute Gasteiger partial charge is 0.0698 e. The van der Waals surface area contributed by atoms with E-state index >= 15 is 0 Å². The molecule has 1 aromatic heterocycles. The molecule has 0 amide bonds. The molecular formula is C14H24N2OS. The molecule has 0 aliphatic carbocycles. The minimum Gasteiger partial charge on any atom is -0.380 e. The molecule has 1 aromatic rings. The molecule has 2 rings (SSSR count). The molecule has 2 atom stereocenters. The maximum absolute atomic E-state index is 6.02. The Morgan fingerprint density at radius 1 is 1.56 bits per heavy atom. The van der Waals surface area contributed by atoms with Crippen LogP contribution in [0.2, 0.25) is 0 Å². The van der Waals surface area contributed by atoms with Crippen LogP contribution in [0.5, 0.6) is 0 Å². The monoisotopic (exact) mass is 268 g/mol. The van der Waals surface area contributed by atoms with E-state index in [2.05, 4.69) is 24.8 Å². The van der Waals surface area contributed by atoms with Crippen LogP contribution in [-0.4, -0.2) is 37.7 Å². The van der Waals surface area contributed by atoms with E-state index in [-0.39, 0.29) is 0 Å². The Balaban J connectivity index is 2.15. The van der Waals surface area contributed by atoms with Gasteiger partial charge in [0.05, 0.1) is 6.10 Å². The number of aryl methyl sites for hydroxylation is 2. The fraction of sp³-hybridized carbons (Fsp3) is 0.714. The second kappa shape index (κ2) is 6.15. The van der Waals surface area contributed by atoms with Gasteiger partial charge in [0.25, 0.3) is 0 Å². The molecule has 0 spiro atoms. The summed E-state index contributed by atoms with van der Waals surface area (Å²) >= 11 is 1.87. The van der Waals surface area contributed by atoms with Gasteiger partial charge in [0, 0.05) is 36.0 Å². The zero-order valence-corrected chi connectivity index (χ0v) is 12.4. The van der Waals surface area contributed by atoms with E-state index in [1.54, 1.807) is 0 Å². The van der Waals surface area contributed by atoms with Crippen molar-refractivity contribution < 1.29 is 4.74 Å². The number of hydrogen-bond donors (Lipinski definition) is 1. The third-order valence-electron chi connectivity index (χ3n) is 3.85. The van der Waals surface area contributed by atoms with Crippen molar-refractivity contribution >= 4 is 11.3 Å². The Kier molecular flexibility index (Phi) is 4.78. The van der Waals surface area contributed by atoms with Crippen LogP contribution >= 0.6 is 11.3 Å². The summed E-state index contributed by atoms with van der Waals surface area (Å²) in [5, 5.41) is 0. The summed E-state index contributed by atoms with van der Waals surface area (Å²) in [6, 6.07) is 2.65. The van der Waals surface area contributed by atoms with Gasteiger partial charge in [0.15, 0.2) is 0 Å². The maximum atomic E-state index is 6.02. The summed E-state index contributed by atoms with van der Waals surface area (Å²) in [5.74, 6) is 0. The lowest BCUT2D eigenvalue weighted by molar-refractivity contribution is 0.0155. The normalized spacial score (nSPS) is 23.2. The van der Waals surface area contributed by atoms with Gasteiger partial charge in [0.1, 0.15) is 0 Å². The molecule has 2 unspecified atom stereocenters. The summed E-state index contributed by atoms with van der Waals surface area (Å²) in [6.45, 7) is 7.20. The van der Waals surface area contributed by atoms with Gasteiger partial charge in [-0.2, -0.15) is 0 Å². The van der Waals surface area contributed by atoms with Gasteiger partial charge in [-0.25, -0.2) is 0 Å². The van der Waals surface area contributed by atoms with E-state index < -0.39 is 0 Å². The number of nitrogens with zero attached hydrogens (tertiary/aromatic N) is 1. The van der Waals surface area contributed by atoms with Crippen molar-refractivity contribution in [1.82, 2.24) is 4.90 Å². The third kappa shape index (κ3) is 2.94. The first-order valence-electron chi connectivity index (χ1n) is 6.69. The summed E-state index contributed by atoms with van der Waals surface area (Å²) in [6.07, 6.45) is 2.75. The average molecular weight is 268 g/mol. The number of hydrogen-bond acceptors (Lipinski definition) is 4. The molecule has 18 heavy (non-hydrogen) atoms. The summed E-state index contributed by atoms with van der Waals surface area (Å²) in [7, 11) is 1.81. The van der Waals surface area contributed by atoms with Crippen LogP contribution in [0.1, 0.15) is 34.2 Å².